The van der Waals surface area contributed by atoms with Crippen molar-refractivity contribution in [2.75, 3.05) is 0 Å². The van der Waals surface area contributed by atoms with Gasteiger partial charge in [0.25, 0.3) is 0 Å². The van der Waals surface area contributed by atoms with Crippen LogP contribution in [-0.2, 0) is 0 Å². The van der Waals surface area contributed by atoms with Crippen LogP contribution in [0.25, 0.3) is 0 Å². The third-order valence-electron chi connectivity index (χ3n) is 3.17. The molecule has 3 atom stereocenters. The molecular weight excluding hydrogens is 231 g/mol. The van der Waals surface area contributed by atoms with Gasteiger partial charge in [0.05, 0.1) is 6.10 Å². The van der Waals surface area contributed by atoms with Crippen molar-refractivity contribution in [1.29, 1.82) is 0 Å². The molecule has 1 aliphatic heterocycles. The van der Waals surface area contributed by atoms with Gasteiger partial charge in [0.2, 0.25) is 0 Å². The molecule has 1 saturated heterocycles. The average molecular weight is 245 g/mol. The van der Waals surface area contributed by atoms with Gasteiger partial charge in [0.1, 0.15) is 0 Å². The first kappa shape index (κ1) is 12.4. The van der Waals surface area contributed by atoms with E-state index in [2.05, 4.69) is 5.32 Å². The molecule has 0 aliphatic carbocycles. The van der Waals surface area contributed by atoms with Crippen molar-refractivity contribution in [3.05, 3.63) is 35.1 Å². The lowest BCUT2D eigenvalue weighted by atomic mass is 10.0. The first-order valence-electron chi connectivity index (χ1n) is 5.57. The van der Waals surface area contributed by atoms with Crippen LogP contribution in [-0.4, -0.2) is 17.3 Å². The molecule has 1 aromatic carbocycles. The fourth-order valence-electron chi connectivity index (χ4n) is 2.19. The SMILES string of the molecule is C[C@@H](O)C1CC[C@@H](c2cc(F)c(F)c(F)c2)N1. The molecule has 1 fully saturated rings. The molecule has 0 bridgehead atoms. The third kappa shape index (κ3) is 2.45. The minimum atomic E-state index is -1.45. The van der Waals surface area contributed by atoms with E-state index in [4.69, 9.17) is 0 Å². The molecular formula is C12H14F3NO. The van der Waals surface area contributed by atoms with Crippen LogP contribution in [0.1, 0.15) is 31.4 Å². The van der Waals surface area contributed by atoms with Gasteiger partial charge in [-0.15, -0.1) is 0 Å². The molecule has 1 unspecified atom stereocenters. The molecule has 1 aromatic rings. The summed E-state index contributed by atoms with van der Waals surface area (Å²) < 4.78 is 38.9. The summed E-state index contributed by atoms with van der Waals surface area (Å²) in [6, 6.07) is 1.68. The summed E-state index contributed by atoms with van der Waals surface area (Å²) in [5.74, 6) is -3.80. The second-order valence-corrected chi connectivity index (χ2v) is 4.44. The predicted octanol–water partition coefficient (Wildman–Crippen LogP) is 2.28. The van der Waals surface area contributed by atoms with Gasteiger partial charge in [0, 0.05) is 12.1 Å². The van der Waals surface area contributed by atoms with E-state index >= 15 is 0 Å². The highest BCUT2D eigenvalue weighted by Gasteiger charge is 2.28. The number of aliphatic hydroxyl groups is 1. The summed E-state index contributed by atoms with van der Waals surface area (Å²) in [6.07, 6.45) is 0.874. The lowest BCUT2D eigenvalue weighted by molar-refractivity contribution is 0.152. The van der Waals surface area contributed by atoms with Crippen LogP contribution in [0.3, 0.4) is 0 Å². The minimum absolute atomic E-state index is 0.0869. The maximum Gasteiger partial charge on any atom is 0.194 e. The number of hydrogen-bond acceptors (Lipinski definition) is 2. The normalized spacial score (nSPS) is 26.2. The van der Waals surface area contributed by atoms with Crippen molar-refractivity contribution >= 4 is 0 Å². The summed E-state index contributed by atoms with van der Waals surface area (Å²) in [5.41, 5.74) is 0.379. The average Bonchev–Trinajstić information content (AvgIpc) is 2.74. The lowest BCUT2D eigenvalue weighted by Crippen LogP contribution is -2.33. The Bertz CT molecular complexity index is 399. The predicted molar refractivity (Wildman–Crippen MR) is 56.9 cm³/mol. The molecule has 2 N–H and O–H groups in total. The molecule has 5 heteroatoms. The van der Waals surface area contributed by atoms with E-state index < -0.39 is 23.6 Å². The maximum absolute atomic E-state index is 13.1. The van der Waals surface area contributed by atoms with E-state index in [0.717, 1.165) is 18.6 Å². The van der Waals surface area contributed by atoms with Crippen LogP contribution in [0, 0.1) is 17.5 Å². The molecule has 2 nitrogen and oxygen atoms in total. The second-order valence-electron chi connectivity index (χ2n) is 4.44. The van der Waals surface area contributed by atoms with Crippen molar-refractivity contribution in [1.82, 2.24) is 5.32 Å². The Kier molecular flexibility index (Phi) is 3.40. The molecule has 0 amide bonds. The zero-order valence-corrected chi connectivity index (χ0v) is 9.38. The van der Waals surface area contributed by atoms with Crippen molar-refractivity contribution in [2.45, 2.75) is 38.0 Å². The van der Waals surface area contributed by atoms with Gasteiger partial charge in [-0.3, -0.25) is 0 Å². The van der Waals surface area contributed by atoms with E-state index in [1.165, 1.54) is 0 Å². The Morgan fingerprint density at radius 3 is 2.29 bits per heavy atom. The summed E-state index contributed by atoms with van der Waals surface area (Å²) in [6.45, 7) is 1.66. The molecule has 0 saturated carbocycles. The number of hydrogen-bond donors (Lipinski definition) is 2. The molecule has 2 rings (SSSR count). The largest absolute Gasteiger partial charge is 0.392 e. The van der Waals surface area contributed by atoms with Crippen LogP contribution in [0.5, 0.6) is 0 Å². The number of benzene rings is 1. The van der Waals surface area contributed by atoms with Gasteiger partial charge in [-0.1, -0.05) is 0 Å². The lowest BCUT2D eigenvalue weighted by Gasteiger charge is -2.17. The summed E-state index contributed by atoms with van der Waals surface area (Å²) >= 11 is 0. The molecule has 17 heavy (non-hydrogen) atoms. The maximum atomic E-state index is 13.1. The van der Waals surface area contributed by atoms with E-state index in [1.54, 1.807) is 6.92 Å². The fourth-order valence-corrected chi connectivity index (χ4v) is 2.19. The number of aliphatic hydroxyl groups excluding tert-OH is 1. The van der Waals surface area contributed by atoms with Gasteiger partial charge in [-0.05, 0) is 37.5 Å². The second kappa shape index (κ2) is 4.66. The van der Waals surface area contributed by atoms with E-state index in [9.17, 15) is 18.3 Å². The third-order valence-corrected chi connectivity index (χ3v) is 3.17. The quantitative estimate of drug-likeness (QED) is 0.783. The smallest absolute Gasteiger partial charge is 0.194 e. The van der Waals surface area contributed by atoms with Crippen molar-refractivity contribution in [3.8, 4) is 0 Å². The zero-order chi connectivity index (χ0) is 12.6. The van der Waals surface area contributed by atoms with Crippen LogP contribution in [0.15, 0.2) is 12.1 Å². The van der Waals surface area contributed by atoms with Crippen LogP contribution in [0.2, 0.25) is 0 Å². The Morgan fingerprint density at radius 1 is 1.24 bits per heavy atom. The molecule has 94 valence electrons. The van der Waals surface area contributed by atoms with E-state index in [0.29, 0.717) is 12.0 Å². The Labute approximate surface area is 97.5 Å². The summed E-state index contributed by atoms with van der Waals surface area (Å²) in [4.78, 5) is 0. The number of halogens is 3. The highest BCUT2D eigenvalue weighted by atomic mass is 19.2. The Morgan fingerprint density at radius 2 is 1.82 bits per heavy atom. The molecule has 1 aliphatic rings. The van der Waals surface area contributed by atoms with Gasteiger partial charge >= 0.3 is 0 Å². The van der Waals surface area contributed by atoms with Crippen molar-refractivity contribution < 1.29 is 18.3 Å². The Balaban J connectivity index is 2.19. The van der Waals surface area contributed by atoms with Gasteiger partial charge < -0.3 is 10.4 Å². The highest BCUT2D eigenvalue weighted by molar-refractivity contribution is 5.23. The first-order chi connectivity index (χ1) is 7.99. The number of rotatable bonds is 2. The summed E-state index contributed by atoms with van der Waals surface area (Å²) in [5, 5.41) is 12.5. The van der Waals surface area contributed by atoms with Gasteiger partial charge in [-0.2, -0.15) is 0 Å². The molecule has 0 radical (unpaired) electrons. The van der Waals surface area contributed by atoms with Gasteiger partial charge in [-0.25, -0.2) is 13.2 Å². The Hall–Kier alpha value is -1.07. The molecule has 0 spiro atoms. The van der Waals surface area contributed by atoms with Crippen molar-refractivity contribution in [3.63, 3.8) is 0 Å². The minimum Gasteiger partial charge on any atom is -0.392 e. The van der Waals surface area contributed by atoms with Crippen molar-refractivity contribution in [2.24, 2.45) is 0 Å². The standard InChI is InChI=1S/C12H14F3NO/c1-6(17)10-2-3-11(16-10)7-4-8(13)12(15)9(14)5-7/h4-6,10-11,16-17H,2-3H2,1H3/t6-,10?,11+/m1/s1. The van der Waals surface area contributed by atoms with Crippen LogP contribution in [0.4, 0.5) is 13.2 Å². The van der Waals surface area contributed by atoms with Gasteiger partial charge in [0.15, 0.2) is 17.5 Å². The summed E-state index contributed by atoms with van der Waals surface area (Å²) in [7, 11) is 0. The highest BCUT2D eigenvalue weighted by Crippen LogP contribution is 2.29. The zero-order valence-electron chi connectivity index (χ0n) is 9.38. The van der Waals surface area contributed by atoms with Crippen LogP contribution >= 0.6 is 0 Å². The van der Waals surface area contributed by atoms with E-state index in [-0.39, 0.29) is 12.1 Å². The molecule has 1 heterocycles. The van der Waals surface area contributed by atoms with Crippen LogP contribution < -0.4 is 5.32 Å². The number of nitrogens with one attached hydrogen (secondary N) is 1. The first-order valence-corrected chi connectivity index (χ1v) is 5.57. The molecule has 0 aromatic heterocycles. The van der Waals surface area contributed by atoms with E-state index in [1.807, 2.05) is 0 Å². The topological polar surface area (TPSA) is 32.3 Å². The fraction of sp³-hybridized carbons (Fsp3) is 0.500. The monoisotopic (exact) mass is 245 g/mol.